The highest BCUT2D eigenvalue weighted by Gasteiger charge is 2.30. The predicted octanol–water partition coefficient (Wildman–Crippen LogP) is 1.78. The maximum atomic E-state index is 12.0. The molecule has 0 spiro atoms. The Balaban J connectivity index is 4.59. The summed E-state index contributed by atoms with van der Waals surface area (Å²) in [4.78, 5) is 13.8. The molecule has 0 heterocycles. The number of carbonyl (C=O) groups excluding carboxylic acids is 1. The van der Waals surface area contributed by atoms with Gasteiger partial charge in [0.15, 0.2) is 0 Å². The first-order chi connectivity index (χ1) is 6.70. The standard InChI is InChI=1S/C12H24N2O/c1-7-14(8-9(2)3)11(15)10(13)12(4,5)6/h10H,2,7-8,13H2,1,3-6H3/t10-/m1/s1. The molecule has 0 aliphatic heterocycles. The summed E-state index contributed by atoms with van der Waals surface area (Å²) in [6.07, 6.45) is 0. The number of carbonyl (C=O) groups is 1. The van der Waals surface area contributed by atoms with Gasteiger partial charge in [0.05, 0.1) is 6.04 Å². The van der Waals surface area contributed by atoms with Crippen molar-refractivity contribution >= 4 is 5.91 Å². The first kappa shape index (κ1) is 14.2. The van der Waals surface area contributed by atoms with E-state index in [-0.39, 0.29) is 11.3 Å². The predicted molar refractivity (Wildman–Crippen MR) is 64.5 cm³/mol. The van der Waals surface area contributed by atoms with Crippen molar-refractivity contribution in [2.24, 2.45) is 11.1 Å². The van der Waals surface area contributed by atoms with E-state index >= 15 is 0 Å². The molecule has 3 heteroatoms. The molecule has 0 saturated carbocycles. The third-order valence-corrected chi connectivity index (χ3v) is 2.35. The molecule has 1 atom stereocenters. The summed E-state index contributed by atoms with van der Waals surface area (Å²) in [7, 11) is 0. The van der Waals surface area contributed by atoms with Crippen molar-refractivity contribution in [2.45, 2.75) is 40.7 Å². The second-order valence-corrected chi connectivity index (χ2v) is 5.15. The summed E-state index contributed by atoms with van der Waals surface area (Å²) in [5, 5.41) is 0. The molecule has 0 unspecified atom stereocenters. The molecule has 0 radical (unpaired) electrons. The van der Waals surface area contributed by atoms with Crippen LogP contribution in [0.2, 0.25) is 0 Å². The van der Waals surface area contributed by atoms with Crippen molar-refractivity contribution in [3.8, 4) is 0 Å². The van der Waals surface area contributed by atoms with Crippen molar-refractivity contribution in [3.05, 3.63) is 12.2 Å². The SMILES string of the molecule is C=C(C)CN(CC)C(=O)[C@@H](N)C(C)(C)C. The number of amides is 1. The molecule has 1 amide bonds. The molecule has 0 fully saturated rings. The zero-order valence-corrected chi connectivity index (χ0v) is 10.6. The lowest BCUT2D eigenvalue weighted by atomic mass is 9.86. The minimum Gasteiger partial charge on any atom is -0.338 e. The minimum absolute atomic E-state index is 0.00741. The molecule has 3 nitrogen and oxygen atoms in total. The largest absolute Gasteiger partial charge is 0.338 e. The lowest BCUT2D eigenvalue weighted by Crippen LogP contribution is -2.50. The van der Waals surface area contributed by atoms with Crippen molar-refractivity contribution in [3.63, 3.8) is 0 Å². The van der Waals surface area contributed by atoms with Crippen LogP contribution in [-0.4, -0.2) is 29.9 Å². The molecule has 0 aromatic heterocycles. The highest BCUT2D eigenvalue weighted by Crippen LogP contribution is 2.19. The van der Waals surface area contributed by atoms with Gasteiger partial charge in [0, 0.05) is 13.1 Å². The van der Waals surface area contributed by atoms with Gasteiger partial charge in [-0.15, -0.1) is 0 Å². The zero-order chi connectivity index (χ0) is 12.2. The van der Waals surface area contributed by atoms with E-state index in [9.17, 15) is 4.79 Å². The maximum Gasteiger partial charge on any atom is 0.240 e. The Morgan fingerprint density at radius 1 is 1.47 bits per heavy atom. The van der Waals surface area contributed by atoms with E-state index in [4.69, 9.17) is 5.73 Å². The van der Waals surface area contributed by atoms with E-state index in [0.29, 0.717) is 13.1 Å². The molecular formula is C12H24N2O. The summed E-state index contributed by atoms with van der Waals surface area (Å²) < 4.78 is 0. The Bertz CT molecular complexity index is 240. The third-order valence-electron chi connectivity index (χ3n) is 2.35. The molecule has 0 aliphatic carbocycles. The molecular weight excluding hydrogens is 188 g/mol. The second kappa shape index (κ2) is 5.31. The molecule has 0 bridgehead atoms. The average molecular weight is 212 g/mol. The van der Waals surface area contributed by atoms with Gasteiger partial charge in [-0.05, 0) is 19.3 Å². The van der Waals surface area contributed by atoms with Gasteiger partial charge >= 0.3 is 0 Å². The summed E-state index contributed by atoms with van der Waals surface area (Å²) >= 11 is 0. The summed E-state index contributed by atoms with van der Waals surface area (Å²) in [5.74, 6) is 0.00741. The van der Waals surface area contributed by atoms with Crippen LogP contribution in [0.1, 0.15) is 34.6 Å². The van der Waals surface area contributed by atoms with Crippen molar-refractivity contribution in [1.29, 1.82) is 0 Å². The van der Waals surface area contributed by atoms with Crippen LogP contribution in [0, 0.1) is 5.41 Å². The van der Waals surface area contributed by atoms with Gasteiger partial charge in [0.1, 0.15) is 0 Å². The zero-order valence-electron chi connectivity index (χ0n) is 10.6. The number of hydrogen-bond donors (Lipinski definition) is 1. The highest BCUT2D eigenvalue weighted by molar-refractivity contribution is 5.82. The van der Waals surface area contributed by atoms with Crippen LogP contribution in [0.4, 0.5) is 0 Å². The number of nitrogens with two attached hydrogens (primary N) is 1. The Kier molecular flexibility index (Phi) is 5.01. The lowest BCUT2D eigenvalue weighted by molar-refractivity contribution is -0.134. The first-order valence-corrected chi connectivity index (χ1v) is 5.39. The fourth-order valence-electron chi connectivity index (χ4n) is 1.24. The number of nitrogens with zero attached hydrogens (tertiary/aromatic N) is 1. The van der Waals surface area contributed by atoms with Gasteiger partial charge in [-0.25, -0.2) is 0 Å². The molecule has 0 saturated heterocycles. The van der Waals surface area contributed by atoms with Gasteiger partial charge in [-0.3, -0.25) is 4.79 Å². The number of hydrogen-bond acceptors (Lipinski definition) is 2. The summed E-state index contributed by atoms with van der Waals surface area (Å²) in [6.45, 7) is 14.9. The van der Waals surface area contributed by atoms with Gasteiger partial charge in [-0.1, -0.05) is 32.9 Å². The van der Waals surface area contributed by atoms with E-state index < -0.39 is 6.04 Å². The normalized spacial score (nSPS) is 13.5. The van der Waals surface area contributed by atoms with Crippen LogP contribution in [0.15, 0.2) is 12.2 Å². The van der Waals surface area contributed by atoms with E-state index in [2.05, 4.69) is 6.58 Å². The van der Waals surface area contributed by atoms with Crippen molar-refractivity contribution in [1.82, 2.24) is 4.90 Å². The van der Waals surface area contributed by atoms with Crippen LogP contribution < -0.4 is 5.73 Å². The Hall–Kier alpha value is -0.830. The molecule has 0 aromatic carbocycles. The van der Waals surface area contributed by atoms with E-state index in [1.54, 1.807) is 4.90 Å². The molecule has 2 N–H and O–H groups in total. The van der Waals surface area contributed by atoms with Crippen LogP contribution in [0.25, 0.3) is 0 Å². The average Bonchev–Trinajstić information content (AvgIpc) is 2.10. The molecule has 15 heavy (non-hydrogen) atoms. The lowest BCUT2D eigenvalue weighted by Gasteiger charge is -2.31. The Morgan fingerprint density at radius 2 is 1.93 bits per heavy atom. The van der Waals surface area contributed by atoms with Gasteiger partial charge in [0.2, 0.25) is 5.91 Å². The van der Waals surface area contributed by atoms with Crippen LogP contribution in [0.5, 0.6) is 0 Å². The molecule has 0 aliphatic rings. The quantitative estimate of drug-likeness (QED) is 0.722. The van der Waals surface area contributed by atoms with Crippen LogP contribution in [-0.2, 0) is 4.79 Å². The first-order valence-electron chi connectivity index (χ1n) is 5.39. The van der Waals surface area contributed by atoms with Gasteiger partial charge in [0.25, 0.3) is 0 Å². The Morgan fingerprint density at radius 3 is 2.20 bits per heavy atom. The monoisotopic (exact) mass is 212 g/mol. The smallest absolute Gasteiger partial charge is 0.240 e. The Labute approximate surface area is 93.3 Å². The minimum atomic E-state index is -0.447. The summed E-state index contributed by atoms with van der Waals surface area (Å²) in [6, 6.07) is -0.447. The summed E-state index contributed by atoms with van der Waals surface area (Å²) in [5.41, 5.74) is 6.71. The molecule has 0 aromatic rings. The van der Waals surface area contributed by atoms with Gasteiger partial charge in [-0.2, -0.15) is 0 Å². The molecule has 88 valence electrons. The van der Waals surface area contributed by atoms with Crippen LogP contribution >= 0.6 is 0 Å². The van der Waals surface area contributed by atoms with E-state index in [1.807, 2.05) is 34.6 Å². The third kappa shape index (κ3) is 4.47. The maximum absolute atomic E-state index is 12.0. The molecule has 0 rings (SSSR count). The van der Waals surface area contributed by atoms with E-state index in [1.165, 1.54) is 0 Å². The fraction of sp³-hybridized carbons (Fsp3) is 0.750. The fourth-order valence-corrected chi connectivity index (χ4v) is 1.24. The number of likely N-dealkylation sites (N-methyl/N-ethyl adjacent to an activating group) is 1. The van der Waals surface area contributed by atoms with E-state index in [0.717, 1.165) is 5.57 Å². The number of rotatable bonds is 4. The topological polar surface area (TPSA) is 46.3 Å². The second-order valence-electron chi connectivity index (χ2n) is 5.15. The van der Waals surface area contributed by atoms with Crippen LogP contribution in [0.3, 0.4) is 0 Å². The van der Waals surface area contributed by atoms with Crippen molar-refractivity contribution in [2.75, 3.05) is 13.1 Å². The van der Waals surface area contributed by atoms with Gasteiger partial charge < -0.3 is 10.6 Å². The highest BCUT2D eigenvalue weighted by atomic mass is 16.2. The van der Waals surface area contributed by atoms with Crippen molar-refractivity contribution < 1.29 is 4.79 Å².